The fourth-order valence-electron chi connectivity index (χ4n) is 2.45. The SMILES string of the molecule is CC1CC(C(=O)N(C)CC2CC2)CCN1. The average molecular weight is 210 g/mol. The lowest BCUT2D eigenvalue weighted by atomic mass is 9.92. The lowest BCUT2D eigenvalue weighted by Gasteiger charge is -2.30. The van der Waals surface area contributed by atoms with E-state index in [-0.39, 0.29) is 5.92 Å². The highest BCUT2D eigenvalue weighted by atomic mass is 16.2. The first kappa shape index (κ1) is 10.9. The lowest BCUT2D eigenvalue weighted by Crippen LogP contribution is -2.43. The second-order valence-corrected chi connectivity index (χ2v) is 5.24. The summed E-state index contributed by atoms with van der Waals surface area (Å²) in [6.07, 6.45) is 4.66. The van der Waals surface area contributed by atoms with Crippen molar-refractivity contribution in [2.75, 3.05) is 20.1 Å². The van der Waals surface area contributed by atoms with Gasteiger partial charge in [0.1, 0.15) is 0 Å². The van der Waals surface area contributed by atoms with Gasteiger partial charge in [0, 0.05) is 25.6 Å². The summed E-state index contributed by atoms with van der Waals surface area (Å²) in [6.45, 7) is 4.15. The number of hydrogen-bond acceptors (Lipinski definition) is 2. The summed E-state index contributed by atoms with van der Waals surface area (Å²) in [5.74, 6) is 1.44. The summed E-state index contributed by atoms with van der Waals surface area (Å²) >= 11 is 0. The Kier molecular flexibility index (Phi) is 3.29. The highest BCUT2D eigenvalue weighted by molar-refractivity contribution is 5.78. The fourth-order valence-corrected chi connectivity index (χ4v) is 2.45. The van der Waals surface area contributed by atoms with Gasteiger partial charge in [0.15, 0.2) is 0 Å². The molecule has 0 radical (unpaired) electrons. The van der Waals surface area contributed by atoms with Crippen LogP contribution in [0.1, 0.15) is 32.6 Å². The van der Waals surface area contributed by atoms with Gasteiger partial charge in [-0.25, -0.2) is 0 Å². The zero-order chi connectivity index (χ0) is 10.8. The Bertz CT molecular complexity index is 238. The summed E-state index contributed by atoms with van der Waals surface area (Å²) < 4.78 is 0. The fraction of sp³-hybridized carbons (Fsp3) is 0.917. The molecule has 0 bridgehead atoms. The molecule has 2 fully saturated rings. The predicted octanol–water partition coefficient (Wildman–Crippen LogP) is 1.24. The summed E-state index contributed by atoms with van der Waals surface area (Å²) in [7, 11) is 1.97. The van der Waals surface area contributed by atoms with Crippen LogP contribution in [0.25, 0.3) is 0 Å². The molecular formula is C12H22N2O. The van der Waals surface area contributed by atoms with E-state index in [4.69, 9.17) is 0 Å². The van der Waals surface area contributed by atoms with E-state index in [1.807, 2.05) is 11.9 Å². The summed E-state index contributed by atoms with van der Waals surface area (Å²) in [4.78, 5) is 14.1. The highest BCUT2D eigenvalue weighted by Gasteiger charge is 2.30. The first-order valence-corrected chi connectivity index (χ1v) is 6.15. The zero-order valence-electron chi connectivity index (χ0n) is 9.83. The van der Waals surface area contributed by atoms with Crippen LogP contribution >= 0.6 is 0 Å². The normalized spacial score (nSPS) is 31.3. The van der Waals surface area contributed by atoms with Crippen molar-refractivity contribution in [3.63, 3.8) is 0 Å². The molecule has 1 aliphatic heterocycles. The summed E-state index contributed by atoms with van der Waals surface area (Å²) in [5.41, 5.74) is 0. The topological polar surface area (TPSA) is 32.3 Å². The van der Waals surface area contributed by atoms with Crippen LogP contribution in [0.3, 0.4) is 0 Å². The van der Waals surface area contributed by atoms with Gasteiger partial charge in [0.05, 0.1) is 0 Å². The molecule has 15 heavy (non-hydrogen) atoms. The van der Waals surface area contributed by atoms with Crippen LogP contribution in [0.15, 0.2) is 0 Å². The Balaban J connectivity index is 1.82. The van der Waals surface area contributed by atoms with Gasteiger partial charge in [-0.2, -0.15) is 0 Å². The second kappa shape index (κ2) is 4.52. The van der Waals surface area contributed by atoms with E-state index in [9.17, 15) is 4.79 Å². The molecule has 2 aliphatic rings. The smallest absolute Gasteiger partial charge is 0.225 e. The Morgan fingerprint density at radius 3 is 2.73 bits per heavy atom. The van der Waals surface area contributed by atoms with Crippen molar-refractivity contribution in [3.05, 3.63) is 0 Å². The number of piperidine rings is 1. The maximum atomic E-state index is 12.1. The van der Waals surface area contributed by atoms with E-state index >= 15 is 0 Å². The van der Waals surface area contributed by atoms with E-state index in [0.717, 1.165) is 31.8 Å². The molecule has 1 amide bonds. The minimum absolute atomic E-state index is 0.269. The van der Waals surface area contributed by atoms with Crippen LogP contribution in [0, 0.1) is 11.8 Å². The van der Waals surface area contributed by atoms with E-state index in [0.29, 0.717) is 11.9 Å². The van der Waals surface area contributed by atoms with Crippen LogP contribution in [-0.2, 0) is 4.79 Å². The number of nitrogens with one attached hydrogen (secondary N) is 1. The molecule has 2 atom stereocenters. The molecule has 0 spiro atoms. The molecule has 1 saturated carbocycles. The van der Waals surface area contributed by atoms with Crippen molar-refractivity contribution in [2.24, 2.45) is 11.8 Å². The molecule has 1 aliphatic carbocycles. The third-order valence-electron chi connectivity index (χ3n) is 3.58. The Hall–Kier alpha value is -0.570. The molecule has 0 aromatic rings. The van der Waals surface area contributed by atoms with Crippen LogP contribution in [0.5, 0.6) is 0 Å². The average Bonchev–Trinajstić information content (AvgIpc) is 3.00. The van der Waals surface area contributed by atoms with Gasteiger partial charge >= 0.3 is 0 Å². The van der Waals surface area contributed by atoms with Crippen LogP contribution in [0.4, 0.5) is 0 Å². The van der Waals surface area contributed by atoms with Crippen molar-refractivity contribution in [2.45, 2.75) is 38.6 Å². The number of carbonyl (C=O) groups is 1. The predicted molar refractivity (Wildman–Crippen MR) is 60.5 cm³/mol. The number of carbonyl (C=O) groups excluding carboxylic acids is 1. The Morgan fingerprint density at radius 1 is 1.40 bits per heavy atom. The van der Waals surface area contributed by atoms with Gasteiger partial charge in [-0.05, 0) is 45.1 Å². The molecule has 2 unspecified atom stereocenters. The van der Waals surface area contributed by atoms with Gasteiger partial charge in [-0.15, -0.1) is 0 Å². The summed E-state index contributed by atoms with van der Waals surface area (Å²) in [5, 5.41) is 3.39. The number of amides is 1. The van der Waals surface area contributed by atoms with Crippen LogP contribution in [-0.4, -0.2) is 37.0 Å². The van der Waals surface area contributed by atoms with Gasteiger partial charge in [0.2, 0.25) is 5.91 Å². The number of nitrogens with zero attached hydrogens (tertiary/aromatic N) is 1. The molecule has 1 heterocycles. The Labute approximate surface area is 92.2 Å². The molecule has 2 rings (SSSR count). The number of hydrogen-bond donors (Lipinski definition) is 1. The van der Waals surface area contributed by atoms with Gasteiger partial charge in [-0.1, -0.05) is 0 Å². The number of rotatable bonds is 3. The van der Waals surface area contributed by atoms with E-state index < -0.39 is 0 Å². The largest absolute Gasteiger partial charge is 0.345 e. The van der Waals surface area contributed by atoms with Crippen LogP contribution < -0.4 is 5.32 Å². The zero-order valence-corrected chi connectivity index (χ0v) is 9.83. The first-order valence-electron chi connectivity index (χ1n) is 6.15. The standard InChI is InChI=1S/C12H22N2O/c1-9-7-11(5-6-13-9)12(15)14(2)8-10-3-4-10/h9-11,13H,3-8H2,1-2H3. The lowest BCUT2D eigenvalue weighted by molar-refractivity contribution is -0.135. The van der Waals surface area contributed by atoms with Crippen molar-refractivity contribution in [1.29, 1.82) is 0 Å². The highest BCUT2D eigenvalue weighted by Crippen LogP contribution is 2.30. The minimum Gasteiger partial charge on any atom is -0.345 e. The third kappa shape index (κ3) is 2.94. The third-order valence-corrected chi connectivity index (χ3v) is 3.58. The second-order valence-electron chi connectivity index (χ2n) is 5.24. The molecule has 0 aromatic heterocycles. The molecule has 1 N–H and O–H groups in total. The van der Waals surface area contributed by atoms with Crippen molar-refractivity contribution in [3.8, 4) is 0 Å². The van der Waals surface area contributed by atoms with Crippen LogP contribution in [0.2, 0.25) is 0 Å². The first-order chi connectivity index (χ1) is 7.16. The molecular weight excluding hydrogens is 188 g/mol. The van der Waals surface area contributed by atoms with Gasteiger partial charge in [0.25, 0.3) is 0 Å². The Morgan fingerprint density at radius 2 is 2.13 bits per heavy atom. The minimum atomic E-state index is 0.269. The monoisotopic (exact) mass is 210 g/mol. The quantitative estimate of drug-likeness (QED) is 0.760. The summed E-state index contributed by atoms with van der Waals surface area (Å²) in [6, 6.07) is 0.502. The van der Waals surface area contributed by atoms with E-state index in [1.54, 1.807) is 0 Å². The molecule has 1 saturated heterocycles. The van der Waals surface area contributed by atoms with E-state index in [1.165, 1.54) is 12.8 Å². The van der Waals surface area contributed by atoms with Crippen molar-refractivity contribution < 1.29 is 4.79 Å². The molecule has 0 aromatic carbocycles. The molecule has 3 nitrogen and oxygen atoms in total. The maximum absolute atomic E-state index is 12.1. The van der Waals surface area contributed by atoms with Gasteiger partial charge in [-0.3, -0.25) is 4.79 Å². The molecule has 3 heteroatoms. The van der Waals surface area contributed by atoms with Crippen molar-refractivity contribution >= 4 is 5.91 Å². The van der Waals surface area contributed by atoms with E-state index in [2.05, 4.69) is 12.2 Å². The molecule has 86 valence electrons. The van der Waals surface area contributed by atoms with Crippen molar-refractivity contribution in [1.82, 2.24) is 10.2 Å². The maximum Gasteiger partial charge on any atom is 0.225 e. The van der Waals surface area contributed by atoms with Gasteiger partial charge < -0.3 is 10.2 Å².